The van der Waals surface area contributed by atoms with Crippen molar-refractivity contribution in [3.8, 4) is 0 Å². The molecule has 0 unspecified atom stereocenters. The average molecular weight is 111 g/mol. The zero-order valence-electron chi connectivity index (χ0n) is 4.85. The van der Waals surface area contributed by atoms with Crippen LogP contribution in [0, 0.1) is 6.54 Å². The standard InChI is InChI=1S/C6H11N2/c1-2-6-4-7-3-5(1)8-6/h3,5-8H,1-2,4H2/t5-,6+/m0/s1. The highest BCUT2D eigenvalue weighted by Crippen LogP contribution is 2.16. The molecule has 2 aliphatic heterocycles. The van der Waals surface area contributed by atoms with Crippen LogP contribution in [0.25, 0.3) is 0 Å². The predicted molar refractivity (Wildman–Crippen MR) is 32.2 cm³/mol. The van der Waals surface area contributed by atoms with Gasteiger partial charge in [-0.3, -0.25) is 0 Å². The Morgan fingerprint density at radius 2 is 2.38 bits per heavy atom. The monoisotopic (exact) mass is 111 g/mol. The molecule has 0 aromatic rings. The van der Waals surface area contributed by atoms with Crippen LogP contribution >= 0.6 is 0 Å². The first-order valence-corrected chi connectivity index (χ1v) is 3.28. The normalized spacial score (nSPS) is 45.0. The number of hydrogen-bond donors (Lipinski definition) is 2. The summed E-state index contributed by atoms with van der Waals surface area (Å²) in [4.78, 5) is 0. The third kappa shape index (κ3) is 0.644. The minimum absolute atomic E-state index is 0.675. The summed E-state index contributed by atoms with van der Waals surface area (Å²) in [6.07, 6.45) is 2.69. The van der Waals surface area contributed by atoms with Gasteiger partial charge in [-0.1, -0.05) is 0 Å². The lowest BCUT2D eigenvalue weighted by Crippen LogP contribution is -2.45. The van der Waals surface area contributed by atoms with E-state index in [1.807, 2.05) is 0 Å². The van der Waals surface area contributed by atoms with Crippen LogP contribution < -0.4 is 10.6 Å². The van der Waals surface area contributed by atoms with Crippen molar-refractivity contribution >= 4 is 0 Å². The van der Waals surface area contributed by atoms with E-state index >= 15 is 0 Å². The molecule has 0 amide bonds. The zero-order chi connectivity index (χ0) is 5.40. The highest BCUT2D eigenvalue weighted by molar-refractivity contribution is 4.97. The van der Waals surface area contributed by atoms with Crippen LogP contribution in [0.4, 0.5) is 0 Å². The number of piperazine rings is 1. The molecular weight excluding hydrogens is 100 g/mol. The first-order chi connectivity index (χ1) is 3.95. The minimum Gasteiger partial charge on any atom is -0.309 e. The Hall–Kier alpha value is -0.0800. The van der Waals surface area contributed by atoms with E-state index in [1.54, 1.807) is 0 Å². The highest BCUT2D eigenvalue weighted by atomic mass is 15.1. The van der Waals surface area contributed by atoms with E-state index in [9.17, 15) is 0 Å². The van der Waals surface area contributed by atoms with E-state index in [0.717, 1.165) is 12.6 Å². The first-order valence-electron chi connectivity index (χ1n) is 3.28. The van der Waals surface area contributed by atoms with Gasteiger partial charge in [0.2, 0.25) is 0 Å². The molecule has 1 radical (unpaired) electrons. The summed E-state index contributed by atoms with van der Waals surface area (Å²) in [5.74, 6) is 0. The lowest BCUT2D eigenvalue weighted by Gasteiger charge is -2.20. The second-order valence-corrected chi connectivity index (χ2v) is 2.62. The van der Waals surface area contributed by atoms with Gasteiger partial charge in [-0.25, -0.2) is 0 Å². The van der Waals surface area contributed by atoms with Crippen molar-refractivity contribution in [3.05, 3.63) is 6.54 Å². The largest absolute Gasteiger partial charge is 0.309 e. The van der Waals surface area contributed by atoms with Crippen LogP contribution in [0.15, 0.2) is 0 Å². The van der Waals surface area contributed by atoms with Crippen LogP contribution in [0.2, 0.25) is 0 Å². The molecular formula is C6H11N2. The van der Waals surface area contributed by atoms with E-state index in [0.29, 0.717) is 6.04 Å². The van der Waals surface area contributed by atoms with E-state index in [1.165, 1.54) is 12.8 Å². The maximum Gasteiger partial charge on any atom is 0.0391 e. The molecule has 0 saturated carbocycles. The molecule has 2 heteroatoms. The molecule has 2 atom stereocenters. The van der Waals surface area contributed by atoms with E-state index in [4.69, 9.17) is 0 Å². The van der Waals surface area contributed by atoms with Crippen LogP contribution in [-0.4, -0.2) is 18.6 Å². The third-order valence-corrected chi connectivity index (χ3v) is 1.96. The summed E-state index contributed by atoms with van der Waals surface area (Å²) in [5, 5.41) is 6.73. The average Bonchev–Trinajstić information content (AvgIpc) is 2.12. The Labute approximate surface area is 49.7 Å². The number of nitrogens with one attached hydrogen (secondary N) is 2. The maximum absolute atomic E-state index is 3.47. The summed E-state index contributed by atoms with van der Waals surface area (Å²) in [5.41, 5.74) is 0. The maximum atomic E-state index is 3.47. The summed E-state index contributed by atoms with van der Waals surface area (Å²) in [6, 6.07) is 1.44. The molecule has 2 fully saturated rings. The van der Waals surface area contributed by atoms with Gasteiger partial charge in [-0.15, -0.1) is 0 Å². The molecule has 2 saturated heterocycles. The molecule has 0 aliphatic carbocycles. The van der Waals surface area contributed by atoms with Gasteiger partial charge in [-0.2, -0.15) is 0 Å². The topological polar surface area (TPSA) is 24.1 Å². The van der Waals surface area contributed by atoms with Gasteiger partial charge in [0.15, 0.2) is 0 Å². The molecule has 8 heavy (non-hydrogen) atoms. The lowest BCUT2D eigenvalue weighted by atomic mass is 10.2. The van der Waals surface area contributed by atoms with Crippen molar-refractivity contribution < 1.29 is 0 Å². The van der Waals surface area contributed by atoms with Crippen molar-refractivity contribution in [2.75, 3.05) is 6.54 Å². The van der Waals surface area contributed by atoms with Crippen LogP contribution in [-0.2, 0) is 0 Å². The predicted octanol–water partition coefficient (Wildman–Crippen LogP) is -0.128. The molecule has 0 aromatic carbocycles. The summed E-state index contributed by atoms with van der Waals surface area (Å²) >= 11 is 0. The fourth-order valence-electron chi connectivity index (χ4n) is 1.50. The zero-order valence-corrected chi connectivity index (χ0v) is 4.85. The van der Waals surface area contributed by atoms with Gasteiger partial charge >= 0.3 is 0 Å². The van der Waals surface area contributed by atoms with Gasteiger partial charge in [0.25, 0.3) is 0 Å². The second-order valence-electron chi connectivity index (χ2n) is 2.62. The molecule has 2 bridgehead atoms. The lowest BCUT2D eigenvalue weighted by molar-refractivity contribution is 0.471. The molecule has 2 N–H and O–H groups in total. The molecule has 2 rings (SSSR count). The van der Waals surface area contributed by atoms with E-state index in [-0.39, 0.29) is 0 Å². The molecule has 0 aromatic heterocycles. The summed E-state index contributed by atoms with van der Waals surface area (Å²) in [7, 11) is 0. The van der Waals surface area contributed by atoms with E-state index < -0.39 is 0 Å². The Morgan fingerprint density at radius 3 is 3.12 bits per heavy atom. The Kier molecular flexibility index (Phi) is 1.02. The molecule has 0 spiro atoms. The number of rotatable bonds is 0. The van der Waals surface area contributed by atoms with Gasteiger partial charge in [0, 0.05) is 25.2 Å². The van der Waals surface area contributed by atoms with Gasteiger partial charge in [0.05, 0.1) is 0 Å². The smallest absolute Gasteiger partial charge is 0.0391 e. The third-order valence-electron chi connectivity index (χ3n) is 1.96. The van der Waals surface area contributed by atoms with Gasteiger partial charge in [-0.05, 0) is 12.8 Å². The molecule has 2 heterocycles. The SMILES string of the molecule is [CH]1NC[C@H]2CC[C@@H]1N2. The van der Waals surface area contributed by atoms with E-state index in [2.05, 4.69) is 17.2 Å². The van der Waals surface area contributed by atoms with Crippen LogP contribution in [0.3, 0.4) is 0 Å². The Bertz CT molecular complexity index is 78.5. The van der Waals surface area contributed by atoms with Crippen molar-refractivity contribution in [2.24, 2.45) is 0 Å². The Morgan fingerprint density at radius 1 is 1.38 bits per heavy atom. The van der Waals surface area contributed by atoms with Crippen LogP contribution in [0.5, 0.6) is 0 Å². The summed E-state index contributed by atoms with van der Waals surface area (Å²) < 4.78 is 0. The van der Waals surface area contributed by atoms with Crippen molar-refractivity contribution in [1.82, 2.24) is 10.6 Å². The quantitative estimate of drug-likeness (QED) is 0.455. The fraction of sp³-hybridized carbons (Fsp3) is 0.833. The number of hydrogen-bond acceptors (Lipinski definition) is 2. The summed E-state index contributed by atoms with van der Waals surface area (Å²) in [6.45, 7) is 3.31. The fourth-order valence-corrected chi connectivity index (χ4v) is 1.50. The van der Waals surface area contributed by atoms with Gasteiger partial charge in [0.1, 0.15) is 0 Å². The molecule has 2 aliphatic rings. The number of fused-ring (bicyclic) bond motifs is 2. The van der Waals surface area contributed by atoms with Gasteiger partial charge < -0.3 is 10.6 Å². The molecule has 45 valence electrons. The highest BCUT2D eigenvalue weighted by Gasteiger charge is 2.26. The first kappa shape index (κ1) is 4.77. The van der Waals surface area contributed by atoms with Crippen molar-refractivity contribution in [2.45, 2.75) is 24.9 Å². The minimum atomic E-state index is 0.675. The van der Waals surface area contributed by atoms with Crippen LogP contribution in [0.1, 0.15) is 12.8 Å². The molecule has 2 nitrogen and oxygen atoms in total. The second kappa shape index (κ2) is 1.71. The van der Waals surface area contributed by atoms with Crippen molar-refractivity contribution in [3.63, 3.8) is 0 Å². The van der Waals surface area contributed by atoms with Crippen molar-refractivity contribution in [1.29, 1.82) is 0 Å². The Balaban J connectivity index is 2.03.